The van der Waals surface area contributed by atoms with Gasteiger partial charge in [0.2, 0.25) is 0 Å². The number of hydrogen-bond acceptors (Lipinski definition) is 3. The van der Waals surface area contributed by atoms with Gasteiger partial charge in [-0.25, -0.2) is 4.79 Å². The molecule has 1 N–H and O–H groups in total. The zero-order chi connectivity index (χ0) is 19.2. The smallest absolute Gasteiger partial charge is 0.382 e. The molecule has 136 valence electrons. The summed E-state index contributed by atoms with van der Waals surface area (Å²) in [6.07, 6.45) is -12.9. The Labute approximate surface area is 137 Å². The van der Waals surface area contributed by atoms with Crippen molar-refractivity contribution in [2.75, 3.05) is 18.5 Å². The van der Waals surface area contributed by atoms with E-state index in [4.69, 9.17) is 5.26 Å². The highest BCUT2D eigenvalue weighted by Gasteiger charge is 2.51. The number of anilines is 1. The molecule has 5 nitrogen and oxygen atoms in total. The average Bonchev–Trinajstić information content (AvgIpc) is 2.79. The summed E-state index contributed by atoms with van der Waals surface area (Å²) in [6.45, 7) is -0.527. The molecule has 1 saturated heterocycles. The van der Waals surface area contributed by atoms with E-state index in [1.807, 2.05) is 0 Å². The number of benzene rings is 1. The van der Waals surface area contributed by atoms with E-state index in [9.17, 15) is 36.2 Å². The molecule has 2 atom stereocenters. The van der Waals surface area contributed by atoms with Crippen LogP contribution in [-0.2, 0) is 6.18 Å². The average molecular weight is 367 g/mol. The van der Waals surface area contributed by atoms with E-state index in [0.717, 1.165) is 24.1 Å². The first-order chi connectivity index (χ1) is 11.4. The first-order valence-corrected chi connectivity index (χ1v) is 6.78. The molecule has 0 bridgehead atoms. The maximum Gasteiger partial charge on any atom is 0.417 e. The Morgan fingerprint density at radius 1 is 1.28 bits per heavy atom. The molecule has 1 heterocycles. The highest BCUT2D eigenvalue weighted by Crippen LogP contribution is 2.37. The second-order valence-corrected chi connectivity index (χ2v) is 5.43. The Morgan fingerprint density at radius 2 is 1.88 bits per heavy atom. The summed E-state index contributed by atoms with van der Waals surface area (Å²) in [4.78, 5) is 13.4. The van der Waals surface area contributed by atoms with Crippen LogP contribution in [0.3, 0.4) is 0 Å². The minimum absolute atomic E-state index is 0.422. The fourth-order valence-electron chi connectivity index (χ4n) is 2.54. The van der Waals surface area contributed by atoms with Crippen LogP contribution in [0.25, 0.3) is 0 Å². The number of carbonyl (C=O) groups excluding carboxylic acids is 1. The van der Waals surface area contributed by atoms with Crippen molar-refractivity contribution in [3.63, 3.8) is 0 Å². The summed E-state index contributed by atoms with van der Waals surface area (Å²) in [7, 11) is 1.16. The minimum Gasteiger partial charge on any atom is -0.382 e. The third-order valence-electron chi connectivity index (χ3n) is 3.73. The zero-order valence-electron chi connectivity index (χ0n) is 12.6. The number of nitriles is 1. The number of hydrogen-bond donors (Lipinski definition) is 1. The van der Waals surface area contributed by atoms with Crippen molar-refractivity contribution in [3.05, 3.63) is 29.3 Å². The van der Waals surface area contributed by atoms with Crippen LogP contribution in [0.5, 0.6) is 0 Å². The fourth-order valence-corrected chi connectivity index (χ4v) is 2.54. The SMILES string of the molecule is CN1C[C@H]([C@H](O)C(F)(F)F)N(c2ccc(C#N)c(C(F)(F)F)c2)C1=O. The molecule has 2 amide bonds. The zero-order valence-corrected chi connectivity index (χ0v) is 12.6. The van der Waals surface area contributed by atoms with Gasteiger partial charge < -0.3 is 10.0 Å². The first kappa shape index (κ1) is 18.9. The second-order valence-electron chi connectivity index (χ2n) is 5.43. The minimum atomic E-state index is -5.06. The summed E-state index contributed by atoms with van der Waals surface area (Å²) in [5.41, 5.74) is -2.60. The molecule has 1 aromatic carbocycles. The van der Waals surface area contributed by atoms with Gasteiger partial charge in [-0.1, -0.05) is 0 Å². The van der Waals surface area contributed by atoms with E-state index in [1.54, 1.807) is 0 Å². The summed E-state index contributed by atoms with van der Waals surface area (Å²) < 4.78 is 77.5. The third-order valence-corrected chi connectivity index (χ3v) is 3.73. The molecular formula is C14H11F6N3O2. The van der Waals surface area contributed by atoms with Crippen molar-refractivity contribution in [1.29, 1.82) is 5.26 Å². The van der Waals surface area contributed by atoms with E-state index in [-0.39, 0.29) is 0 Å². The molecule has 1 aromatic rings. The number of urea groups is 1. The molecule has 0 radical (unpaired) electrons. The monoisotopic (exact) mass is 367 g/mol. The molecule has 0 aromatic heterocycles. The lowest BCUT2D eigenvalue weighted by atomic mass is 10.0. The molecular weight excluding hydrogens is 356 g/mol. The van der Waals surface area contributed by atoms with Gasteiger partial charge in [-0.05, 0) is 18.2 Å². The fraction of sp³-hybridized carbons (Fsp3) is 0.429. The Balaban J connectivity index is 2.54. The summed E-state index contributed by atoms with van der Waals surface area (Å²) in [5.74, 6) is 0. The Hall–Kier alpha value is -2.48. The summed E-state index contributed by atoms with van der Waals surface area (Å²) in [5, 5.41) is 18.2. The molecule has 0 aliphatic carbocycles. The van der Waals surface area contributed by atoms with Crippen LogP contribution in [0, 0.1) is 11.3 Å². The number of carbonyl (C=O) groups is 1. The van der Waals surface area contributed by atoms with Gasteiger partial charge in [-0.2, -0.15) is 31.6 Å². The van der Waals surface area contributed by atoms with Gasteiger partial charge in [0.25, 0.3) is 0 Å². The van der Waals surface area contributed by atoms with Gasteiger partial charge in [0.1, 0.15) is 0 Å². The van der Waals surface area contributed by atoms with Crippen LogP contribution in [0.1, 0.15) is 11.1 Å². The van der Waals surface area contributed by atoms with Gasteiger partial charge in [0.05, 0.1) is 23.2 Å². The maximum absolute atomic E-state index is 13.0. The topological polar surface area (TPSA) is 67.6 Å². The number of amides is 2. The number of halogens is 6. The van der Waals surface area contributed by atoms with E-state index in [1.165, 1.54) is 6.07 Å². The molecule has 1 aliphatic rings. The second kappa shape index (κ2) is 6.11. The maximum atomic E-state index is 13.0. The molecule has 1 fully saturated rings. The third kappa shape index (κ3) is 3.48. The molecule has 0 saturated carbocycles. The largest absolute Gasteiger partial charge is 0.417 e. The summed E-state index contributed by atoms with van der Waals surface area (Å²) in [6, 6.07) is 0.646. The number of nitrogens with zero attached hydrogens (tertiary/aromatic N) is 3. The lowest BCUT2D eigenvalue weighted by Crippen LogP contribution is -2.49. The van der Waals surface area contributed by atoms with Crippen LogP contribution < -0.4 is 4.90 Å². The number of aliphatic hydroxyl groups excluding tert-OH is 1. The van der Waals surface area contributed by atoms with Gasteiger partial charge in [-0.3, -0.25) is 4.90 Å². The Bertz CT molecular complexity index is 725. The van der Waals surface area contributed by atoms with E-state index in [0.29, 0.717) is 11.0 Å². The molecule has 1 aliphatic heterocycles. The highest BCUT2D eigenvalue weighted by atomic mass is 19.4. The first-order valence-electron chi connectivity index (χ1n) is 6.78. The van der Waals surface area contributed by atoms with Crippen LogP contribution in [0.2, 0.25) is 0 Å². The van der Waals surface area contributed by atoms with Gasteiger partial charge in [0.15, 0.2) is 6.10 Å². The van der Waals surface area contributed by atoms with Crippen molar-refractivity contribution in [1.82, 2.24) is 4.90 Å². The number of rotatable bonds is 2. The van der Waals surface area contributed by atoms with Crippen molar-refractivity contribution in [3.8, 4) is 6.07 Å². The van der Waals surface area contributed by atoms with Crippen LogP contribution in [0.15, 0.2) is 18.2 Å². The normalized spacial score (nSPS) is 20.0. The van der Waals surface area contributed by atoms with Gasteiger partial charge in [-0.15, -0.1) is 0 Å². The molecule has 0 unspecified atom stereocenters. The molecule has 25 heavy (non-hydrogen) atoms. The molecule has 2 rings (SSSR count). The molecule has 11 heteroatoms. The summed E-state index contributed by atoms with van der Waals surface area (Å²) >= 11 is 0. The van der Waals surface area contributed by atoms with E-state index in [2.05, 4.69) is 0 Å². The van der Waals surface area contributed by atoms with Crippen LogP contribution in [0.4, 0.5) is 36.8 Å². The number of likely N-dealkylation sites (N-methyl/N-ethyl adjacent to an activating group) is 1. The standard InChI is InChI=1S/C14H11F6N3O2/c1-22-6-10(11(24)14(18,19)20)23(12(22)25)8-3-2-7(5-21)9(4-8)13(15,16)17/h2-4,10-11,24H,6H2,1H3/t10-,11+/m1/s1. The van der Waals surface area contributed by atoms with Gasteiger partial charge in [0, 0.05) is 19.3 Å². The van der Waals surface area contributed by atoms with Crippen molar-refractivity contribution in [2.45, 2.75) is 24.5 Å². The Morgan fingerprint density at radius 3 is 2.36 bits per heavy atom. The highest BCUT2D eigenvalue weighted by molar-refractivity contribution is 5.95. The predicted molar refractivity (Wildman–Crippen MR) is 72.5 cm³/mol. The number of alkyl halides is 6. The molecule has 0 spiro atoms. The van der Waals surface area contributed by atoms with E-state index >= 15 is 0 Å². The predicted octanol–water partition coefficient (Wildman–Crippen LogP) is 2.74. The Kier molecular flexibility index (Phi) is 4.61. The lowest BCUT2D eigenvalue weighted by Gasteiger charge is -2.28. The van der Waals surface area contributed by atoms with Gasteiger partial charge >= 0.3 is 18.4 Å². The quantitative estimate of drug-likeness (QED) is 0.818. The van der Waals surface area contributed by atoms with Crippen LogP contribution in [-0.4, -0.2) is 48.0 Å². The lowest BCUT2D eigenvalue weighted by molar-refractivity contribution is -0.208. The van der Waals surface area contributed by atoms with Crippen molar-refractivity contribution < 1.29 is 36.2 Å². The number of aliphatic hydroxyl groups is 1. The van der Waals surface area contributed by atoms with Crippen LogP contribution >= 0.6 is 0 Å². The van der Waals surface area contributed by atoms with Crippen molar-refractivity contribution >= 4 is 11.7 Å². The van der Waals surface area contributed by atoms with E-state index < -0.39 is 53.9 Å². The van der Waals surface area contributed by atoms with Crippen molar-refractivity contribution in [2.24, 2.45) is 0 Å².